The van der Waals surface area contributed by atoms with Gasteiger partial charge in [0, 0.05) is 19.8 Å². The average Bonchev–Trinajstić information content (AvgIpc) is 2.64. The highest BCUT2D eigenvalue weighted by molar-refractivity contribution is 6.09. The maximum Gasteiger partial charge on any atom is 0.356 e. The van der Waals surface area contributed by atoms with Crippen molar-refractivity contribution in [2.75, 3.05) is 14.1 Å². The standard InChI is InChI=1S/C9H14N4O2/c1-4-7(12(2)3)8(9(14)15)13-6-5-10-11-13/h5-6H,4H2,1-3H3,(H,14,15). The number of hydrogen-bond acceptors (Lipinski definition) is 4. The molecular formula is C9H14N4O2. The van der Waals surface area contributed by atoms with Crippen LogP contribution in [0.2, 0.25) is 0 Å². The van der Waals surface area contributed by atoms with Gasteiger partial charge < -0.3 is 10.0 Å². The number of allylic oxidation sites excluding steroid dienone is 1. The van der Waals surface area contributed by atoms with Gasteiger partial charge in [0.2, 0.25) is 0 Å². The maximum atomic E-state index is 11.1. The Kier molecular flexibility index (Phi) is 3.43. The third-order valence-corrected chi connectivity index (χ3v) is 2.00. The van der Waals surface area contributed by atoms with Crippen LogP contribution in [0.1, 0.15) is 13.3 Å². The lowest BCUT2D eigenvalue weighted by Gasteiger charge is -2.18. The largest absolute Gasteiger partial charge is 0.476 e. The van der Waals surface area contributed by atoms with E-state index in [1.165, 1.54) is 17.1 Å². The molecule has 6 heteroatoms. The van der Waals surface area contributed by atoms with Crippen LogP contribution in [0.5, 0.6) is 0 Å². The molecule has 0 saturated carbocycles. The van der Waals surface area contributed by atoms with Crippen molar-refractivity contribution in [3.8, 4) is 0 Å². The van der Waals surface area contributed by atoms with E-state index in [0.717, 1.165) is 0 Å². The molecule has 0 aliphatic rings. The Labute approximate surface area is 87.8 Å². The van der Waals surface area contributed by atoms with Gasteiger partial charge in [-0.15, -0.1) is 5.10 Å². The first kappa shape index (κ1) is 11.2. The molecule has 0 aliphatic heterocycles. The molecule has 1 aromatic rings. The number of carboxylic acid groups (broad SMARTS) is 1. The Bertz CT molecular complexity index is 367. The van der Waals surface area contributed by atoms with Crippen LogP contribution >= 0.6 is 0 Å². The van der Waals surface area contributed by atoms with E-state index in [-0.39, 0.29) is 5.70 Å². The summed E-state index contributed by atoms with van der Waals surface area (Å²) in [7, 11) is 3.61. The minimum atomic E-state index is -1.01. The van der Waals surface area contributed by atoms with Crippen molar-refractivity contribution in [2.24, 2.45) is 0 Å². The number of aromatic nitrogens is 3. The first-order valence-corrected chi connectivity index (χ1v) is 4.58. The summed E-state index contributed by atoms with van der Waals surface area (Å²) in [4.78, 5) is 12.9. The van der Waals surface area contributed by atoms with Crippen LogP contribution in [0, 0.1) is 0 Å². The first-order valence-electron chi connectivity index (χ1n) is 4.58. The highest BCUT2D eigenvalue weighted by Crippen LogP contribution is 2.15. The van der Waals surface area contributed by atoms with E-state index in [1.807, 2.05) is 6.92 Å². The Hall–Kier alpha value is -1.85. The quantitative estimate of drug-likeness (QED) is 0.733. The molecular weight excluding hydrogens is 196 g/mol. The van der Waals surface area contributed by atoms with E-state index in [9.17, 15) is 4.79 Å². The van der Waals surface area contributed by atoms with Gasteiger partial charge in [0.15, 0.2) is 5.70 Å². The second-order valence-corrected chi connectivity index (χ2v) is 3.20. The smallest absolute Gasteiger partial charge is 0.356 e. The van der Waals surface area contributed by atoms with Gasteiger partial charge in [-0.2, -0.15) is 0 Å². The minimum absolute atomic E-state index is 0.139. The van der Waals surface area contributed by atoms with Gasteiger partial charge in [0.1, 0.15) is 0 Å². The molecule has 0 radical (unpaired) electrons. The number of aliphatic carboxylic acids is 1. The molecule has 1 N–H and O–H groups in total. The lowest BCUT2D eigenvalue weighted by molar-refractivity contribution is -0.131. The highest BCUT2D eigenvalue weighted by atomic mass is 16.4. The van der Waals surface area contributed by atoms with E-state index >= 15 is 0 Å². The molecule has 0 amide bonds. The second kappa shape index (κ2) is 4.59. The van der Waals surface area contributed by atoms with Crippen LogP contribution in [0.25, 0.3) is 5.70 Å². The van der Waals surface area contributed by atoms with Gasteiger partial charge in [-0.3, -0.25) is 0 Å². The van der Waals surface area contributed by atoms with Crippen LogP contribution < -0.4 is 0 Å². The zero-order valence-electron chi connectivity index (χ0n) is 9.01. The number of nitrogens with zero attached hydrogens (tertiary/aromatic N) is 4. The van der Waals surface area contributed by atoms with E-state index in [2.05, 4.69) is 10.3 Å². The van der Waals surface area contributed by atoms with E-state index in [1.54, 1.807) is 19.0 Å². The molecule has 0 atom stereocenters. The van der Waals surface area contributed by atoms with Gasteiger partial charge in [-0.1, -0.05) is 12.1 Å². The molecule has 0 aromatic carbocycles. The predicted octanol–water partition coefficient (Wildman–Crippen LogP) is 0.503. The van der Waals surface area contributed by atoms with Crippen molar-refractivity contribution >= 4 is 11.7 Å². The van der Waals surface area contributed by atoms with Crippen molar-refractivity contribution < 1.29 is 9.90 Å². The lowest BCUT2D eigenvalue weighted by atomic mass is 10.2. The molecule has 6 nitrogen and oxygen atoms in total. The summed E-state index contributed by atoms with van der Waals surface area (Å²) in [6.07, 6.45) is 3.59. The summed E-state index contributed by atoms with van der Waals surface area (Å²) in [5.41, 5.74) is 0.841. The van der Waals surface area contributed by atoms with Crippen LogP contribution in [0.3, 0.4) is 0 Å². The van der Waals surface area contributed by atoms with Crippen molar-refractivity contribution in [3.05, 3.63) is 18.1 Å². The van der Waals surface area contributed by atoms with Gasteiger partial charge >= 0.3 is 5.97 Å². The third kappa shape index (κ3) is 2.34. The molecule has 0 aliphatic carbocycles. The van der Waals surface area contributed by atoms with Crippen molar-refractivity contribution in [1.82, 2.24) is 19.9 Å². The third-order valence-electron chi connectivity index (χ3n) is 2.00. The molecule has 1 rings (SSSR count). The Balaban J connectivity index is 3.28. The number of carboxylic acids is 1. The molecule has 82 valence electrons. The second-order valence-electron chi connectivity index (χ2n) is 3.20. The molecule has 0 bridgehead atoms. The van der Waals surface area contributed by atoms with Crippen LogP contribution in [-0.2, 0) is 4.79 Å². The molecule has 0 unspecified atom stereocenters. The number of hydrogen-bond donors (Lipinski definition) is 1. The summed E-state index contributed by atoms with van der Waals surface area (Å²) >= 11 is 0. The number of carbonyl (C=O) groups is 1. The topological polar surface area (TPSA) is 71.2 Å². The zero-order valence-corrected chi connectivity index (χ0v) is 9.01. The lowest BCUT2D eigenvalue weighted by Crippen LogP contribution is -2.20. The summed E-state index contributed by atoms with van der Waals surface area (Å²) in [5, 5.41) is 16.4. The van der Waals surface area contributed by atoms with Gasteiger partial charge in [-0.05, 0) is 6.42 Å². The fraction of sp³-hybridized carbons (Fsp3) is 0.444. The van der Waals surface area contributed by atoms with Crippen LogP contribution in [0.4, 0.5) is 0 Å². The summed E-state index contributed by atoms with van der Waals surface area (Å²) in [6, 6.07) is 0. The van der Waals surface area contributed by atoms with E-state index in [0.29, 0.717) is 12.1 Å². The molecule has 0 fully saturated rings. The van der Waals surface area contributed by atoms with Crippen molar-refractivity contribution in [1.29, 1.82) is 0 Å². The highest BCUT2D eigenvalue weighted by Gasteiger charge is 2.17. The van der Waals surface area contributed by atoms with Crippen LogP contribution in [0.15, 0.2) is 18.1 Å². The molecule has 15 heavy (non-hydrogen) atoms. The van der Waals surface area contributed by atoms with Gasteiger partial charge in [0.05, 0.1) is 12.4 Å². The predicted molar refractivity (Wildman–Crippen MR) is 54.9 cm³/mol. The number of rotatable bonds is 4. The SMILES string of the molecule is CCC(=C(C(=O)O)n1ccnn1)N(C)C. The Morgan fingerprint density at radius 3 is 2.53 bits per heavy atom. The summed E-state index contributed by atoms with van der Waals surface area (Å²) in [5.74, 6) is -1.01. The van der Waals surface area contributed by atoms with Gasteiger partial charge in [0.25, 0.3) is 0 Å². The molecule has 0 saturated heterocycles. The Morgan fingerprint density at radius 2 is 2.20 bits per heavy atom. The van der Waals surface area contributed by atoms with Gasteiger partial charge in [-0.25, -0.2) is 9.48 Å². The molecule has 0 spiro atoms. The monoisotopic (exact) mass is 210 g/mol. The summed E-state index contributed by atoms with van der Waals surface area (Å²) < 4.78 is 1.27. The normalized spacial score (nSPS) is 12.2. The first-order chi connectivity index (χ1) is 7.07. The fourth-order valence-corrected chi connectivity index (χ4v) is 1.38. The summed E-state index contributed by atoms with van der Waals surface area (Å²) in [6.45, 7) is 1.90. The molecule has 1 heterocycles. The average molecular weight is 210 g/mol. The van der Waals surface area contributed by atoms with Crippen molar-refractivity contribution in [2.45, 2.75) is 13.3 Å². The van der Waals surface area contributed by atoms with Crippen molar-refractivity contribution in [3.63, 3.8) is 0 Å². The Morgan fingerprint density at radius 1 is 1.53 bits per heavy atom. The van der Waals surface area contributed by atoms with E-state index in [4.69, 9.17) is 5.11 Å². The fourth-order valence-electron chi connectivity index (χ4n) is 1.38. The molecule has 1 aromatic heterocycles. The zero-order chi connectivity index (χ0) is 11.4. The minimum Gasteiger partial charge on any atom is -0.476 e. The van der Waals surface area contributed by atoms with Crippen LogP contribution in [-0.4, -0.2) is 45.1 Å². The maximum absolute atomic E-state index is 11.1. The van der Waals surface area contributed by atoms with E-state index < -0.39 is 5.97 Å².